The van der Waals surface area contributed by atoms with Crippen LogP contribution in [-0.4, -0.2) is 69.0 Å². The summed E-state index contributed by atoms with van der Waals surface area (Å²) in [6.45, 7) is 10.6. The standard InChI is InChI=1S/C29H34ClN7O2/c1-18-6-7-20(3)26-23(18)16-24(29(38)31-26)27(28-32-33-34-37(28)17-22-5-4-14-39-22)36-12-10-35(11-13-36)25-15-21(30)9-8-19(25)2/h6-9,15-16,22,27H,4-5,10-14,17H2,1-3H3,(H,31,38)/t22-,27+/m0/s1. The lowest BCUT2D eigenvalue weighted by Gasteiger charge is -2.40. The van der Waals surface area contributed by atoms with Gasteiger partial charge in [-0.2, -0.15) is 0 Å². The van der Waals surface area contributed by atoms with Crippen LogP contribution < -0.4 is 10.5 Å². The highest BCUT2D eigenvalue weighted by atomic mass is 35.5. The number of halogens is 1. The monoisotopic (exact) mass is 547 g/mol. The third-order valence-corrected chi connectivity index (χ3v) is 8.40. The molecule has 0 spiro atoms. The molecule has 2 aliphatic rings. The van der Waals surface area contributed by atoms with Gasteiger partial charge in [0.15, 0.2) is 5.82 Å². The van der Waals surface area contributed by atoms with Crippen molar-refractivity contribution in [3.8, 4) is 0 Å². The maximum absolute atomic E-state index is 13.7. The molecule has 6 rings (SSSR count). The number of rotatable bonds is 6. The normalized spacial score (nSPS) is 19.2. The Morgan fingerprint density at radius 3 is 2.59 bits per heavy atom. The molecule has 2 saturated heterocycles. The second kappa shape index (κ2) is 10.7. The van der Waals surface area contributed by atoms with Gasteiger partial charge in [0, 0.05) is 54.4 Å². The number of piperazine rings is 1. The molecule has 9 nitrogen and oxygen atoms in total. The molecule has 2 fully saturated rings. The van der Waals surface area contributed by atoms with E-state index in [0.29, 0.717) is 17.9 Å². The quantitative estimate of drug-likeness (QED) is 0.387. The average Bonchev–Trinajstić information content (AvgIpc) is 3.62. The van der Waals surface area contributed by atoms with E-state index in [-0.39, 0.29) is 11.7 Å². The van der Waals surface area contributed by atoms with E-state index < -0.39 is 6.04 Å². The summed E-state index contributed by atoms with van der Waals surface area (Å²) in [7, 11) is 0. The van der Waals surface area contributed by atoms with E-state index in [1.807, 2.05) is 35.9 Å². The van der Waals surface area contributed by atoms with Crippen molar-refractivity contribution in [2.75, 3.05) is 37.7 Å². The highest BCUT2D eigenvalue weighted by Gasteiger charge is 2.34. The lowest BCUT2D eigenvalue weighted by molar-refractivity contribution is 0.0906. The summed E-state index contributed by atoms with van der Waals surface area (Å²) in [5.74, 6) is 0.674. The summed E-state index contributed by atoms with van der Waals surface area (Å²) in [5.41, 5.74) is 5.94. The number of aromatic amines is 1. The Morgan fingerprint density at radius 2 is 1.82 bits per heavy atom. The zero-order chi connectivity index (χ0) is 27.1. The number of hydrogen-bond acceptors (Lipinski definition) is 7. The van der Waals surface area contributed by atoms with Crippen molar-refractivity contribution >= 4 is 28.2 Å². The molecule has 0 saturated carbocycles. The van der Waals surface area contributed by atoms with Crippen molar-refractivity contribution in [3.63, 3.8) is 0 Å². The van der Waals surface area contributed by atoms with Crippen LogP contribution in [0.1, 0.15) is 47.0 Å². The van der Waals surface area contributed by atoms with E-state index in [2.05, 4.69) is 56.3 Å². The summed E-state index contributed by atoms with van der Waals surface area (Å²) in [5, 5.41) is 14.7. The van der Waals surface area contributed by atoms with Crippen molar-refractivity contribution in [1.82, 2.24) is 30.1 Å². The Balaban J connectivity index is 1.39. The van der Waals surface area contributed by atoms with Gasteiger partial charge in [-0.1, -0.05) is 29.8 Å². The van der Waals surface area contributed by atoms with Crippen molar-refractivity contribution in [2.24, 2.45) is 0 Å². The minimum Gasteiger partial charge on any atom is -0.376 e. The Morgan fingerprint density at radius 1 is 1.05 bits per heavy atom. The van der Waals surface area contributed by atoms with Crippen LogP contribution in [0.25, 0.3) is 10.9 Å². The van der Waals surface area contributed by atoms with E-state index in [4.69, 9.17) is 16.3 Å². The predicted molar refractivity (Wildman–Crippen MR) is 153 cm³/mol. The smallest absolute Gasteiger partial charge is 0.253 e. The minimum absolute atomic E-state index is 0.0790. The Kier molecular flexibility index (Phi) is 7.14. The van der Waals surface area contributed by atoms with Gasteiger partial charge < -0.3 is 14.6 Å². The lowest BCUT2D eigenvalue weighted by atomic mass is 9.99. The van der Waals surface area contributed by atoms with Crippen molar-refractivity contribution in [2.45, 2.75) is 52.3 Å². The number of hydrogen-bond donors (Lipinski definition) is 1. The molecular formula is C29H34ClN7O2. The maximum Gasteiger partial charge on any atom is 0.253 e. The molecule has 4 aromatic rings. The van der Waals surface area contributed by atoms with Crippen LogP contribution in [0, 0.1) is 20.8 Å². The molecule has 39 heavy (non-hydrogen) atoms. The van der Waals surface area contributed by atoms with Gasteiger partial charge in [-0.3, -0.25) is 9.69 Å². The number of aromatic nitrogens is 5. The fourth-order valence-corrected chi connectivity index (χ4v) is 6.12. The molecule has 0 radical (unpaired) electrons. The number of fused-ring (bicyclic) bond motifs is 1. The number of benzene rings is 2. The molecule has 10 heteroatoms. The van der Waals surface area contributed by atoms with Gasteiger partial charge in [0.2, 0.25) is 0 Å². The molecule has 1 N–H and O–H groups in total. The van der Waals surface area contributed by atoms with Crippen LogP contribution in [-0.2, 0) is 11.3 Å². The summed E-state index contributed by atoms with van der Waals surface area (Å²) in [4.78, 5) is 21.6. The van der Waals surface area contributed by atoms with E-state index in [1.165, 1.54) is 5.56 Å². The van der Waals surface area contributed by atoms with Crippen molar-refractivity contribution in [3.05, 3.63) is 79.9 Å². The fourth-order valence-electron chi connectivity index (χ4n) is 5.96. The third-order valence-electron chi connectivity index (χ3n) is 8.16. The molecule has 0 bridgehead atoms. The van der Waals surface area contributed by atoms with E-state index in [0.717, 1.165) is 78.4 Å². The Labute approximate surface area is 232 Å². The third kappa shape index (κ3) is 5.06. The van der Waals surface area contributed by atoms with Crippen LogP contribution in [0.3, 0.4) is 0 Å². The fraction of sp³-hybridized carbons (Fsp3) is 0.448. The van der Waals surface area contributed by atoms with E-state index in [1.54, 1.807) is 0 Å². The highest BCUT2D eigenvalue weighted by molar-refractivity contribution is 6.30. The van der Waals surface area contributed by atoms with Crippen LogP contribution in [0.15, 0.2) is 41.2 Å². The summed E-state index contributed by atoms with van der Waals surface area (Å²) >= 11 is 6.33. The van der Waals surface area contributed by atoms with E-state index >= 15 is 0 Å². The topological polar surface area (TPSA) is 92.2 Å². The van der Waals surface area contributed by atoms with Crippen molar-refractivity contribution < 1.29 is 4.74 Å². The molecule has 2 atom stereocenters. The summed E-state index contributed by atoms with van der Waals surface area (Å²) < 4.78 is 7.73. The molecule has 204 valence electrons. The molecule has 0 amide bonds. The first-order chi connectivity index (χ1) is 18.9. The highest BCUT2D eigenvalue weighted by Crippen LogP contribution is 2.32. The SMILES string of the molecule is Cc1ccc(Cl)cc1N1CCN([C@H](c2cc3c(C)ccc(C)c3[nH]c2=O)c2nnnn2C[C@@H]2CCCO2)CC1. The number of H-pyrrole nitrogens is 1. The lowest BCUT2D eigenvalue weighted by Crippen LogP contribution is -2.49. The first kappa shape index (κ1) is 26.0. The second-order valence-corrected chi connectivity index (χ2v) is 11.2. The van der Waals surface area contributed by atoms with Gasteiger partial charge in [-0.25, -0.2) is 4.68 Å². The van der Waals surface area contributed by atoms with Crippen LogP contribution in [0.5, 0.6) is 0 Å². The Bertz CT molecular complexity index is 1550. The zero-order valence-corrected chi connectivity index (χ0v) is 23.4. The number of tetrazole rings is 1. The molecule has 0 aliphatic carbocycles. The first-order valence-corrected chi connectivity index (χ1v) is 14.0. The zero-order valence-electron chi connectivity index (χ0n) is 22.7. The van der Waals surface area contributed by atoms with Crippen LogP contribution >= 0.6 is 11.6 Å². The van der Waals surface area contributed by atoms with Gasteiger partial charge in [0.1, 0.15) is 6.04 Å². The largest absolute Gasteiger partial charge is 0.376 e. The summed E-state index contributed by atoms with van der Waals surface area (Å²) in [6, 6.07) is 11.8. The van der Waals surface area contributed by atoms with Gasteiger partial charge in [-0.15, -0.1) is 5.10 Å². The number of anilines is 1. The maximum atomic E-state index is 13.7. The average molecular weight is 548 g/mol. The van der Waals surface area contributed by atoms with Crippen LogP contribution in [0.4, 0.5) is 5.69 Å². The number of pyridine rings is 1. The molecule has 4 heterocycles. The number of ether oxygens (including phenoxy) is 1. The van der Waals surface area contributed by atoms with Gasteiger partial charge in [-0.05, 0) is 78.9 Å². The van der Waals surface area contributed by atoms with Gasteiger partial charge in [0.25, 0.3) is 5.56 Å². The second-order valence-electron chi connectivity index (χ2n) is 10.8. The number of nitrogens with zero attached hydrogens (tertiary/aromatic N) is 6. The molecule has 2 aromatic carbocycles. The van der Waals surface area contributed by atoms with Crippen molar-refractivity contribution in [1.29, 1.82) is 0 Å². The van der Waals surface area contributed by atoms with Gasteiger partial charge >= 0.3 is 0 Å². The molecule has 2 aromatic heterocycles. The molecule has 2 aliphatic heterocycles. The van der Waals surface area contributed by atoms with Crippen LogP contribution in [0.2, 0.25) is 5.02 Å². The number of nitrogens with one attached hydrogen (secondary N) is 1. The number of aryl methyl sites for hydroxylation is 3. The molecular weight excluding hydrogens is 514 g/mol. The Hall–Kier alpha value is -3.27. The first-order valence-electron chi connectivity index (χ1n) is 13.6. The minimum atomic E-state index is -0.392. The predicted octanol–water partition coefficient (Wildman–Crippen LogP) is 4.18. The molecule has 0 unspecified atom stereocenters. The van der Waals surface area contributed by atoms with E-state index in [9.17, 15) is 4.79 Å². The van der Waals surface area contributed by atoms with Gasteiger partial charge in [0.05, 0.1) is 18.2 Å². The summed E-state index contributed by atoms with van der Waals surface area (Å²) in [6.07, 6.45) is 2.10.